The molecule has 0 radical (unpaired) electrons. The first kappa shape index (κ1) is 15.1. The van der Waals surface area contributed by atoms with Crippen LogP contribution >= 0.6 is 11.6 Å². The molecule has 1 heterocycles. The Hall–Kier alpha value is -2.76. The zero-order valence-corrected chi connectivity index (χ0v) is 13.2. The number of rotatable bonds is 4. The third kappa shape index (κ3) is 3.71. The van der Waals surface area contributed by atoms with E-state index in [0.717, 1.165) is 17.8 Å². The molecule has 0 atom stereocenters. The maximum atomic E-state index is 9.47. The molecule has 0 amide bonds. The van der Waals surface area contributed by atoms with Gasteiger partial charge in [-0.2, -0.15) is 5.26 Å². The number of allylic oxidation sites excluding steroid dienone is 1. The van der Waals surface area contributed by atoms with Crippen LogP contribution in [0.15, 0.2) is 72.9 Å². The monoisotopic (exact) mass is 318 g/mol. The average Bonchev–Trinajstić information content (AvgIpc) is 3.01. The summed E-state index contributed by atoms with van der Waals surface area (Å²) in [4.78, 5) is 0. The van der Waals surface area contributed by atoms with E-state index in [9.17, 15) is 5.26 Å². The zero-order chi connectivity index (χ0) is 16.1. The molecule has 0 N–H and O–H groups in total. The van der Waals surface area contributed by atoms with Crippen molar-refractivity contribution < 1.29 is 0 Å². The molecular formula is C20H15ClN2. The molecule has 3 aromatic rings. The highest BCUT2D eigenvalue weighted by Gasteiger charge is 2.04. The fourth-order valence-electron chi connectivity index (χ4n) is 2.44. The van der Waals surface area contributed by atoms with E-state index in [4.69, 9.17) is 11.6 Å². The Morgan fingerprint density at radius 2 is 1.74 bits per heavy atom. The van der Waals surface area contributed by atoms with Crippen molar-refractivity contribution in [1.82, 2.24) is 4.57 Å². The smallest absolute Gasteiger partial charge is 0.0998 e. The molecule has 112 valence electrons. The number of benzene rings is 2. The predicted octanol–water partition coefficient (Wildman–Crippen LogP) is 5.25. The van der Waals surface area contributed by atoms with Crippen LogP contribution in [-0.2, 0) is 6.54 Å². The van der Waals surface area contributed by atoms with Crippen molar-refractivity contribution in [3.63, 3.8) is 0 Å². The summed E-state index contributed by atoms with van der Waals surface area (Å²) in [5.41, 5.74) is 3.71. The molecule has 0 saturated heterocycles. The second-order valence-electron chi connectivity index (χ2n) is 5.22. The van der Waals surface area contributed by atoms with Gasteiger partial charge in [-0.05, 0) is 41.5 Å². The molecule has 3 rings (SSSR count). The zero-order valence-electron chi connectivity index (χ0n) is 12.5. The van der Waals surface area contributed by atoms with E-state index in [1.165, 1.54) is 5.56 Å². The Labute approximate surface area is 140 Å². The summed E-state index contributed by atoms with van der Waals surface area (Å²) in [5.74, 6) is 0. The van der Waals surface area contributed by atoms with Crippen LogP contribution in [0.1, 0.15) is 16.8 Å². The molecule has 2 nitrogen and oxygen atoms in total. The largest absolute Gasteiger partial charge is 0.344 e. The minimum Gasteiger partial charge on any atom is -0.344 e. The molecule has 0 fully saturated rings. The summed E-state index contributed by atoms with van der Waals surface area (Å²) in [6, 6.07) is 23.9. The van der Waals surface area contributed by atoms with Crippen molar-refractivity contribution in [3.05, 3.63) is 94.8 Å². The van der Waals surface area contributed by atoms with Crippen LogP contribution in [0.2, 0.25) is 5.02 Å². The van der Waals surface area contributed by atoms with Crippen molar-refractivity contribution in [3.8, 4) is 6.07 Å². The van der Waals surface area contributed by atoms with E-state index >= 15 is 0 Å². The summed E-state index contributed by atoms with van der Waals surface area (Å²) < 4.78 is 2.13. The van der Waals surface area contributed by atoms with Gasteiger partial charge >= 0.3 is 0 Å². The molecule has 0 aliphatic carbocycles. The van der Waals surface area contributed by atoms with Gasteiger partial charge in [0.05, 0.1) is 11.6 Å². The van der Waals surface area contributed by atoms with Crippen molar-refractivity contribution in [2.75, 3.05) is 0 Å². The maximum absolute atomic E-state index is 9.47. The minimum atomic E-state index is 0.620. The maximum Gasteiger partial charge on any atom is 0.0998 e. The molecule has 1 aromatic heterocycles. The van der Waals surface area contributed by atoms with E-state index in [2.05, 4.69) is 22.8 Å². The van der Waals surface area contributed by atoms with E-state index in [-0.39, 0.29) is 0 Å². The quantitative estimate of drug-likeness (QED) is 0.604. The molecule has 23 heavy (non-hydrogen) atoms. The second-order valence-corrected chi connectivity index (χ2v) is 5.66. The fourth-order valence-corrected chi connectivity index (χ4v) is 2.57. The van der Waals surface area contributed by atoms with Crippen molar-refractivity contribution in [2.45, 2.75) is 6.54 Å². The Kier molecular flexibility index (Phi) is 4.61. The SMILES string of the molecule is N#C/C(=C\c1cccn1Cc1ccccc1)c1ccc(Cl)cc1. The third-order valence-electron chi connectivity index (χ3n) is 3.63. The Morgan fingerprint density at radius 1 is 1.00 bits per heavy atom. The van der Waals surface area contributed by atoms with Gasteiger partial charge in [0.15, 0.2) is 0 Å². The fraction of sp³-hybridized carbons (Fsp3) is 0.0500. The number of nitriles is 1. The van der Waals surface area contributed by atoms with Crippen LogP contribution in [-0.4, -0.2) is 4.57 Å². The van der Waals surface area contributed by atoms with Gasteiger partial charge in [0, 0.05) is 23.5 Å². The third-order valence-corrected chi connectivity index (χ3v) is 3.88. The summed E-state index contributed by atoms with van der Waals surface area (Å²) >= 11 is 5.91. The highest BCUT2D eigenvalue weighted by Crippen LogP contribution is 2.20. The lowest BCUT2D eigenvalue weighted by Crippen LogP contribution is -2.00. The molecule has 3 heteroatoms. The highest BCUT2D eigenvalue weighted by atomic mass is 35.5. The Bertz CT molecular complexity index is 853. The lowest BCUT2D eigenvalue weighted by atomic mass is 10.1. The van der Waals surface area contributed by atoms with E-state index in [1.807, 2.05) is 54.7 Å². The summed E-state index contributed by atoms with van der Waals surface area (Å²) in [6.45, 7) is 0.777. The topological polar surface area (TPSA) is 28.7 Å². The molecule has 0 unspecified atom stereocenters. The van der Waals surface area contributed by atoms with Gasteiger partial charge in [-0.1, -0.05) is 54.1 Å². The van der Waals surface area contributed by atoms with Crippen molar-refractivity contribution in [1.29, 1.82) is 5.26 Å². The lowest BCUT2D eigenvalue weighted by molar-refractivity contribution is 0.798. The summed E-state index contributed by atoms with van der Waals surface area (Å²) in [5, 5.41) is 10.1. The van der Waals surface area contributed by atoms with Gasteiger partial charge < -0.3 is 4.57 Å². The normalized spacial score (nSPS) is 11.2. The molecule has 0 bridgehead atoms. The van der Waals surface area contributed by atoms with Crippen LogP contribution in [0.4, 0.5) is 0 Å². The standard InChI is InChI=1S/C20H15ClN2/c21-19-10-8-17(9-11-19)18(14-22)13-20-7-4-12-23(20)15-16-5-2-1-3-6-16/h1-13H,15H2/b18-13+. The van der Waals surface area contributed by atoms with Gasteiger partial charge in [-0.3, -0.25) is 0 Å². The molecule has 2 aromatic carbocycles. The first-order chi connectivity index (χ1) is 11.3. The van der Waals surface area contributed by atoms with Gasteiger partial charge in [0.25, 0.3) is 0 Å². The van der Waals surface area contributed by atoms with Gasteiger partial charge in [0.1, 0.15) is 0 Å². The number of halogens is 1. The van der Waals surface area contributed by atoms with Gasteiger partial charge in [-0.25, -0.2) is 0 Å². The average molecular weight is 319 g/mol. The van der Waals surface area contributed by atoms with Crippen LogP contribution in [0, 0.1) is 11.3 Å². The number of hydrogen-bond acceptors (Lipinski definition) is 1. The minimum absolute atomic E-state index is 0.620. The molecular weight excluding hydrogens is 304 g/mol. The van der Waals surface area contributed by atoms with Crippen LogP contribution < -0.4 is 0 Å². The number of hydrogen-bond donors (Lipinski definition) is 0. The Balaban J connectivity index is 1.91. The summed E-state index contributed by atoms with van der Waals surface area (Å²) in [6.07, 6.45) is 3.93. The predicted molar refractivity (Wildman–Crippen MR) is 94.9 cm³/mol. The van der Waals surface area contributed by atoms with Crippen molar-refractivity contribution >= 4 is 23.3 Å². The van der Waals surface area contributed by atoms with Gasteiger partial charge in [-0.15, -0.1) is 0 Å². The second kappa shape index (κ2) is 7.00. The van der Waals surface area contributed by atoms with Crippen LogP contribution in [0.3, 0.4) is 0 Å². The Morgan fingerprint density at radius 3 is 2.43 bits per heavy atom. The molecule has 0 spiro atoms. The number of nitrogens with zero attached hydrogens (tertiary/aromatic N) is 2. The molecule has 0 saturated carbocycles. The van der Waals surface area contributed by atoms with E-state index < -0.39 is 0 Å². The van der Waals surface area contributed by atoms with Crippen LogP contribution in [0.25, 0.3) is 11.6 Å². The highest BCUT2D eigenvalue weighted by molar-refractivity contribution is 6.30. The molecule has 0 aliphatic rings. The number of aromatic nitrogens is 1. The first-order valence-electron chi connectivity index (χ1n) is 7.33. The van der Waals surface area contributed by atoms with E-state index in [0.29, 0.717) is 10.6 Å². The lowest BCUT2D eigenvalue weighted by Gasteiger charge is -2.07. The van der Waals surface area contributed by atoms with Crippen LogP contribution in [0.5, 0.6) is 0 Å². The van der Waals surface area contributed by atoms with E-state index in [1.54, 1.807) is 12.1 Å². The van der Waals surface area contributed by atoms with Crippen molar-refractivity contribution in [2.24, 2.45) is 0 Å². The van der Waals surface area contributed by atoms with Gasteiger partial charge in [0.2, 0.25) is 0 Å². The molecule has 0 aliphatic heterocycles. The summed E-state index contributed by atoms with van der Waals surface area (Å²) in [7, 11) is 0. The first-order valence-corrected chi connectivity index (χ1v) is 7.71.